The molecule has 0 aromatic heterocycles. The SMILES string of the molecule is OB(O)c1ccc(C(F)(F)F)cc1CN1CCCCC1. The zero-order valence-corrected chi connectivity index (χ0v) is 11.0. The molecule has 0 saturated carbocycles. The molecule has 1 saturated heterocycles. The van der Waals surface area contributed by atoms with Crippen molar-refractivity contribution in [3.05, 3.63) is 29.3 Å². The molecule has 20 heavy (non-hydrogen) atoms. The number of hydrogen-bond donors (Lipinski definition) is 2. The molecule has 1 aromatic rings. The molecule has 3 nitrogen and oxygen atoms in total. The van der Waals surface area contributed by atoms with Crippen LogP contribution in [0.5, 0.6) is 0 Å². The van der Waals surface area contributed by atoms with Crippen LogP contribution in [0, 0.1) is 0 Å². The molecule has 0 unspecified atom stereocenters. The van der Waals surface area contributed by atoms with Crippen LogP contribution in [0.4, 0.5) is 13.2 Å². The Kier molecular flexibility index (Phi) is 4.72. The molecule has 1 fully saturated rings. The van der Waals surface area contributed by atoms with Crippen LogP contribution in [-0.4, -0.2) is 35.2 Å². The Morgan fingerprint density at radius 2 is 1.75 bits per heavy atom. The molecular formula is C13H17BF3NO2. The number of rotatable bonds is 3. The molecule has 0 atom stereocenters. The van der Waals surface area contributed by atoms with Gasteiger partial charge in [-0.05, 0) is 43.0 Å². The van der Waals surface area contributed by atoms with Gasteiger partial charge in [0.05, 0.1) is 5.56 Å². The molecular weight excluding hydrogens is 270 g/mol. The first-order valence-electron chi connectivity index (χ1n) is 6.66. The highest BCUT2D eigenvalue weighted by Crippen LogP contribution is 2.29. The van der Waals surface area contributed by atoms with Crippen molar-refractivity contribution in [3.8, 4) is 0 Å². The topological polar surface area (TPSA) is 43.7 Å². The van der Waals surface area contributed by atoms with Crippen LogP contribution in [0.3, 0.4) is 0 Å². The van der Waals surface area contributed by atoms with Gasteiger partial charge in [-0.3, -0.25) is 4.90 Å². The van der Waals surface area contributed by atoms with Gasteiger partial charge in [0.15, 0.2) is 0 Å². The van der Waals surface area contributed by atoms with E-state index in [4.69, 9.17) is 0 Å². The van der Waals surface area contributed by atoms with Crippen molar-refractivity contribution in [1.82, 2.24) is 4.90 Å². The predicted octanol–water partition coefficient (Wildman–Crippen LogP) is 1.37. The Balaban J connectivity index is 2.26. The molecule has 1 aromatic carbocycles. The maximum absolute atomic E-state index is 12.7. The normalized spacial score (nSPS) is 17.2. The van der Waals surface area contributed by atoms with E-state index in [2.05, 4.69) is 0 Å². The number of halogens is 3. The Bertz CT molecular complexity index is 459. The van der Waals surface area contributed by atoms with Gasteiger partial charge in [-0.15, -0.1) is 0 Å². The zero-order chi connectivity index (χ0) is 14.8. The first kappa shape index (κ1) is 15.3. The van der Waals surface area contributed by atoms with Gasteiger partial charge in [0.2, 0.25) is 0 Å². The molecule has 110 valence electrons. The summed E-state index contributed by atoms with van der Waals surface area (Å²) in [7, 11) is -1.75. The highest BCUT2D eigenvalue weighted by atomic mass is 19.4. The summed E-state index contributed by atoms with van der Waals surface area (Å²) < 4.78 is 38.2. The molecule has 2 N–H and O–H groups in total. The maximum atomic E-state index is 12.7. The molecule has 1 aliphatic rings. The summed E-state index contributed by atoms with van der Waals surface area (Å²) >= 11 is 0. The minimum Gasteiger partial charge on any atom is -0.423 e. The molecule has 1 aliphatic heterocycles. The van der Waals surface area contributed by atoms with Crippen molar-refractivity contribution in [1.29, 1.82) is 0 Å². The van der Waals surface area contributed by atoms with Crippen LogP contribution in [0.2, 0.25) is 0 Å². The third-order valence-corrected chi connectivity index (χ3v) is 3.59. The number of likely N-dealkylation sites (tertiary alicyclic amines) is 1. The van der Waals surface area contributed by atoms with Crippen LogP contribution in [0.15, 0.2) is 18.2 Å². The second-order valence-electron chi connectivity index (χ2n) is 5.12. The Morgan fingerprint density at radius 1 is 1.10 bits per heavy atom. The summed E-state index contributed by atoms with van der Waals surface area (Å²) in [4.78, 5) is 2.05. The van der Waals surface area contributed by atoms with Crippen molar-refractivity contribution in [3.63, 3.8) is 0 Å². The molecule has 2 rings (SSSR count). The van der Waals surface area contributed by atoms with Gasteiger partial charge in [-0.1, -0.05) is 18.6 Å². The lowest BCUT2D eigenvalue weighted by atomic mass is 9.76. The third kappa shape index (κ3) is 3.74. The summed E-state index contributed by atoms with van der Waals surface area (Å²) in [6.45, 7) is 1.98. The summed E-state index contributed by atoms with van der Waals surface area (Å²) in [5.74, 6) is 0. The monoisotopic (exact) mass is 287 g/mol. The van der Waals surface area contributed by atoms with E-state index in [1.54, 1.807) is 0 Å². The van der Waals surface area contributed by atoms with E-state index in [1.165, 1.54) is 0 Å². The fraction of sp³-hybridized carbons (Fsp3) is 0.538. The summed E-state index contributed by atoms with van der Waals surface area (Å²) in [6.07, 6.45) is -1.24. The van der Waals surface area contributed by atoms with E-state index in [-0.39, 0.29) is 5.46 Å². The third-order valence-electron chi connectivity index (χ3n) is 3.59. The van der Waals surface area contributed by atoms with Gasteiger partial charge in [0.1, 0.15) is 0 Å². The Morgan fingerprint density at radius 3 is 2.30 bits per heavy atom. The molecule has 0 radical (unpaired) electrons. The maximum Gasteiger partial charge on any atom is 0.488 e. The predicted molar refractivity (Wildman–Crippen MR) is 70.4 cm³/mol. The number of nitrogens with zero attached hydrogens (tertiary/aromatic N) is 1. The fourth-order valence-electron chi connectivity index (χ4n) is 2.53. The second-order valence-corrected chi connectivity index (χ2v) is 5.12. The Labute approximate surface area is 116 Å². The van der Waals surface area contributed by atoms with Crippen molar-refractivity contribution in [2.45, 2.75) is 32.0 Å². The quantitative estimate of drug-likeness (QED) is 0.825. The van der Waals surface area contributed by atoms with Gasteiger partial charge in [0, 0.05) is 6.54 Å². The van der Waals surface area contributed by atoms with Crippen LogP contribution in [0.25, 0.3) is 0 Å². The highest BCUT2D eigenvalue weighted by Gasteiger charge is 2.32. The lowest BCUT2D eigenvalue weighted by Crippen LogP contribution is -2.37. The van der Waals surface area contributed by atoms with Crippen LogP contribution < -0.4 is 5.46 Å². The van der Waals surface area contributed by atoms with Crippen molar-refractivity contribution < 1.29 is 23.2 Å². The molecule has 0 bridgehead atoms. The number of hydrogen-bond acceptors (Lipinski definition) is 3. The van der Waals surface area contributed by atoms with E-state index < -0.39 is 18.9 Å². The average molecular weight is 287 g/mol. The lowest BCUT2D eigenvalue weighted by molar-refractivity contribution is -0.137. The van der Waals surface area contributed by atoms with Crippen LogP contribution in [-0.2, 0) is 12.7 Å². The summed E-state index contributed by atoms with van der Waals surface area (Å²) in [5, 5.41) is 18.6. The summed E-state index contributed by atoms with van der Waals surface area (Å²) in [6, 6.07) is 3.05. The van der Waals surface area contributed by atoms with E-state index >= 15 is 0 Å². The fourth-order valence-corrected chi connectivity index (χ4v) is 2.53. The minimum atomic E-state index is -4.42. The Hall–Kier alpha value is -1.05. The molecule has 0 spiro atoms. The van der Waals surface area contributed by atoms with Crippen molar-refractivity contribution in [2.75, 3.05) is 13.1 Å². The minimum absolute atomic E-state index is 0.142. The highest BCUT2D eigenvalue weighted by molar-refractivity contribution is 6.59. The van der Waals surface area contributed by atoms with Gasteiger partial charge in [-0.25, -0.2) is 0 Å². The molecule has 1 heterocycles. The van der Waals surface area contributed by atoms with Gasteiger partial charge < -0.3 is 10.0 Å². The first-order chi connectivity index (χ1) is 9.38. The number of benzene rings is 1. The van der Waals surface area contributed by atoms with Gasteiger partial charge in [0.25, 0.3) is 0 Å². The lowest BCUT2D eigenvalue weighted by Gasteiger charge is -2.27. The van der Waals surface area contributed by atoms with E-state index in [1.807, 2.05) is 4.90 Å². The average Bonchev–Trinajstić information content (AvgIpc) is 2.38. The molecule has 0 aliphatic carbocycles. The van der Waals surface area contributed by atoms with Gasteiger partial charge >= 0.3 is 13.3 Å². The molecule has 7 heteroatoms. The smallest absolute Gasteiger partial charge is 0.423 e. The second kappa shape index (κ2) is 6.16. The van der Waals surface area contributed by atoms with Crippen molar-refractivity contribution in [2.24, 2.45) is 0 Å². The number of piperidine rings is 1. The standard InChI is InChI=1S/C13H17BF3NO2/c15-13(16,17)11-4-5-12(14(19)20)10(8-11)9-18-6-2-1-3-7-18/h4-5,8,19-20H,1-3,6-7,9H2. The summed E-state index contributed by atoms with van der Waals surface area (Å²) in [5.41, 5.74) is -0.283. The zero-order valence-electron chi connectivity index (χ0n) is 11.0. The van der Waals surface area contributed by atoms with Gasteiger partial charge in [-0.2, -0.15) is 13.2 Å². The van der Waals surface area contributed by atoms with E-state index in [0.717, 1.165) is 50.6 Å². The van der Waals surface area contributed by atoms with E-state index in [9.17, 15) is 23.2 Å². The van der Waals surface area contributed by atoms with Crippen LogP contribution in [0.1, 0.15) is 30.4 Å². The van der Waals surface area contributed by atoms with Crippen LogP contribution >= 0.6 is 0 Å². The van der Waals surface area contributed by atoms with E-state index in [0.29, 0.717) is 12.1 Å². The first-order valence-corrected chi connectivity index (χ1v) is 6.66. The molecule has 0 amide bonds. The number of alkyl halides is 3. The van der Waals surface area contributed by atoms with Crippen molar-refractivity contribution >= 4 is 12.6 Å². The largest absolute Gasteiger partial charge is 0.488 e.